The van der Waals surface area contributed by atoms with E-state index in [1.807, 2.05) is 4.90 Å². The van der Waals surface area contributed by atoms with Crippen LogP contribution in [-0.2, 0) is 0 Å². The molecule has 0 radical (unpaired) electrons. The minimum Gasteiger partial charge on any atom is -0.335 e. The first-order valence-electron chi connectivity index (χ1n) is 5.38. The molecule has 0 aromatic carbocycles. The summed E-state index contributed by atoms with van der Waals surface area (Å²) in [6.45, 7) is 6.45. The Hall–Kier alpha value is -1.49. The second-order valence-electron chi connectivity index (χ2n) is 4.66. The SMILES string of the molecule is CC1(C)CN(C(=O)c2cncnc2)CCN1. The zero-order valence-corrected chi connectivity index (χ0v) is 9.60. The Bertz CT molecular complexity index is 377. The number of nitrogens with zero attached hydrogens (tertiary/aromatic N) is 3. The Labute approximate surface area is 94.9 Å². The van der Waals surface area contributed by atoms with Gasteiger partial charge in [-0.1, -0.05) is 0 Å². The second-order valence-corrected chi connectivity index (χ2v) is 4.66. The molecule has 86 valence electrons. The van der Waals surface area contributed by atoms with Gasteiger partial charge in [-0.05, 0) is 13.8 Å². The minimum atomic E-state index is -0.0243. The van der Waals surface area contributed by atoms with Gasteiger partial charge in [-0.2, -0.15) is 0 Å². The van der Waals surface area contributed by atoms with Crippen molar-refractivity contribution >= 4 is 5.91 Å². The van der Waals surface area contributed by atoms with Crippen molar-refractivity contribution < 1.29 is 4.79 Å². The monoisotopic (exact) mass is 220 g/mol. The summed E-state index contributed by atoms with van der Waals surface area (Å²) in [5.41, 5.74) is 0.531. The van der Waals surface area contributed by atoms with Gasteiger partial charge in [0.15, 0.2) is 0 Å². The van der Waals surface area contributed by atoms with Gasteiger partial charge >= 0.3 is 0 Å². The highest BCUT2D eigenvalue weighted by Gasteiger charge is 2.29. The van der Waals surface area contributed by atoms with Gasteiger partial charge in [0, 0.05) is 37.6 Å². The van der Waals surface area contributed by atoms with Crippen molar-refractivity contribution in [2.24, 2.45) is 0 Å². The van der Waals surface area contributed by atoms with Crippen LogP contribution in [0.1, 0.15) is 24.2 Å². The number of piperazine rings is 1. The summed E-state index contributed by atoms with van der Waals surface area (Å²) in [5.74, 6) is 0.00942. The molecule has 1 aromatic heterocycles. The molecule has 1 aromatic rings. The third kappa shape index (κ3) is 2.36. The number of amides is 1. The Morgan fingerprint density at radius 3 is 2.75 bits per heavy atom. The van der Waals surface area contributed by atoms with Crippen LogP contribution in [0.4, 0.5) is 0 Å². The molecule has 2 heterocycles. The van der Waals surface area contributed by atoms with Crippen LogP contribution in [0.2, 0.25) is 0 Å². The highest BCUT2D eigenvalue weighted by Crippen LogP contribution is 2.12. The summed E-state index contributed by atoms with van der Waals surface area (Å²) in [5, 5.41) is 3.37. The smallest absolute Gasteiger partial charge is 0.257 e. The van der Waals surface area contributed by atoms with Gasteiger partial charge in [-0.15, -0.1) is 0 Å². The lowest BCUT2D eigenvalue weighted by atomic mass is 10.0. The standard InChI is InChI=1S/C11H16N4O/c1-11(2)7-15(4-3-14-11)10(16)9-5-12-8-13-6-9/h5-6,8,14H,3-4,7H2,1-2H3. The Kier molecular flexibility index (Phi) is 2.87. The van der Waals surface area contributed by atoms with E-state index < -0.39 is 0 Å². The quantitative estimate of drug-likeness (QED) is 0.739. The van der Waals surface area contributed by atoms with Crippen LogP contribution in [0.3, 0.4) is 0 Å². The van der Waals surface area contributed by atoms with Crippen molar-refractivity contribution in [3.8, 4) is 0 Å². The van der Waals surface area contributed by atoms with E-state index in [0.717, 1.165) is 13.1 Å². The first-order chi connectivity index (χ1) is 7.58. The molecule has 1 aliphatic rings. The van der Waals surface area contributed by atoms with Crippen LogP contribution in [0.25, 0.3) is 0 Å². The third-order valence-corrected chi connectivity index (χ3v) is 2.67. The van der Waals surface area contributed by atoms with Crippen molar-refractivity contribution in [1.29, 1.82) is 0 Å². The van der Waals surface area contributed by atoms with Crippen molar-refractivity contribution in [3.05, 3.63) is 24.3 Å². The summed E-state index contributed by atoms with van der Waals surface area (Å²) in [4.78, 5) is 21.7. The van der Waals surface area contributed by atoms with E-state index in [-0.39, 0.29) is 11.4 Å². The number of aromatic nitrogens is 2. The van der Waals surface area contributed by atoms with Crippen LogP contribution in [0.15, 0.2) is 18.7 Å². The molecule has 1 fully saturated rings. The van der Waals surface area contributed by atoms with E-state index in [4.69, 9.17) is 0 Å². The highest BCUT2D eigenvalue weighted by atomic mass is 16.2. The third-order valence-electron chi connectivity index (χ3n) is 2.67. The molecule has 1 N–H and O–H groups in total. The lowest BCUT2D eigenvalue weighted by Crippen LogP contribution is -2.58. The number of hydrogen-bond donors (Lipinski definition) is 1. The minimum absolute atomic E-state index is 0.00942. The zero-order valence-electron chi connectivity index (χ0n) is 9.60. The van der Waals surface area contributed by atoms with Crippen LogP contribution < -0.4 is 5.32 Å². The molecule has 5 nitrogen and oxygen atoms in total. The van der Waals surface area contributed by atoms with Gasteiger partial charge in [0.05, 0.1) is 5.56 Å². The van der Waals surface area contributed by atoms with Crippen molar-refractivity contribution in [2.75, 3.05) is 19.6 Å². The molecule has 1 aliphatic heterocycles. The molecule has 0 saturated carbocycles. The first kappa shape index (κ1) is 11.0. The summed E-state index contributed by atoms with van der Waals surface area (Å²) < 4.78 is 0. The first-order valence-corrected chi connectivity index (χ1v) is 5.38. The highest BCUT2D eigenvalue weighted by molar-refractivity contribution is 5.93. The molecular weight excluding hydrogens is 204 g/mol. The molecular formula is C11H16N4O. The Morgan fingerprint density at radius 2 is 2.12 bits per heavy atom. The lowest BCUT2D eigenvalue weighted by Gasteiger charge is -2.39. The fraction of sp³-hybridized carbons (Fsp3) is 0.545. The van der Waals surface area contributed by atoms with Gasteiger partial charge in [-0.3, -0.25) is 4.79 Å². The van der Waals surface area contributed by atoms with Gasteiger partial charge in [0.25, 0.3) is 5.91 Å². The van der Waals surface area contributed by atoms with Crippen LogP contribution in [0, 0.1) is 0 Å². The molecule has 1 amide bonds. The van der Waals surface area contributed by atoms with Gasteiger partial charge in [-0.25, -0.2) is 9.97 Å². The fourth-order valence-electron chi connectivity index (χ4n) is 1.91. The predicted molar refractivity (Wildman–Crippen MR) is 60.0 cm³/mol. The van der Waals surface area contributed by atoms with E-state index in [2.05, 4.69) is 29.1 Å². The maximum Gasteiger partial charge on any atom is 0.257 e. The van der Waals surface area contributed by atoms with Gasteiger partial charge in [0.1, 0.15) is 6.33 Å². The molecule has 16 heavy (non-hydrogen) atoms. The average Bonchev–Trinajstić information content (AvgIpc) is 2.28. The van der Waals surface area contributed by atoms with Crippen LogP contribution in [-0.4, -0.2) is 45.9 Å². The normalized spacial score (nSPS) is 19.5. The molecule has 5 heteroatoms. The topological polar surface area (TPSA) is 58.1 Å². The van der Waals surface area contributed by atoms with Crippen molar-refractivity contribution in [1.82, 2.24) is 20.2 Å². The largest absolute Gasteiger partial charge is 0.335 e. The lowest BCUT2D eigenvalue weighted by molar-refractivity contribution is 0.0651. The van der Waals surface area contributed by atoms with Crippen molar-refractivity contribution in [3.63, 3.8) is 0 Å². The summed E-state index contributed by atoms with van der Waals surface area (Å²) in [7, 11) is 0. The maximum atomic E-state index is 12.1. The predicted octanol–water partition coefficient (Wildman–Crippen LogP) is 0.301. The van der Waals surface area contributed by atoms with Gasteiger partial charge < -0.3 is 10.2 Å². The van der Waals surface area contributed by atoms with Crippen LogP contribution >= 0.6 is 0 Å². The summed E-state index contributed by atoms with van der Waals surface area (Å²) in [6, 6.07) is 0. The van der Waals surface area contributed by atoms with Crippen LogP contribution in [0.5, 0.6) is 0 Å². The Morgan fingerprint density at radius 1 is 1.44 bits per heavy atom. The van der Waals surface area contributed by atoms with E-state index in [9.17, 15) is 4.79 Å². The molecule has 0 aliphatic carbocycles. The average molecular weight is 220 g/mol. The van der Waals surface area contributed by atoms with Crippen molar-refractivity contribution in [2.45, 2.75) is 19.4 Å². The van der Waals surface area contributed by atoms with E-state index in [1.54, 1.807) is 12.4 Å². The number of carbonyl (C=O) groups is 1. The number of carbonyl (C=O) groups excluding carboxylic acids is 1. The zero-order chi connectivity index (χ0) is 11.6. The molecule has 0 bridgehead atoms. The molecule has 0 spiro atoms. The number of rotatable bonds is 1. The summed E-state index contributed by atoms with van der Waals surface area (Å²) >= 11 is 0. The number of hydrogen-bond acceptors (Lipinski definition) is 4. The maximum absolute atomic E-state index is 12.1. The molecule has 2 rings (SSSR count). The molecule has 0 atom stereocenters. The molecule has 0 unspecified atom stereocenters. The molecule has 1 saturated heterocycles. The number of nitrogens with one attached hydrogen (secondary N) is 1. The van der Waals surface area contributed by atoms with E-state index in [1.165, 1.54) is 6.33 Å². The Balaban J connectivity index is 2.11. The summed E-state index contributed by atoms with van der Waals surface area (Å²) in [6.07, 6.45) is 4.55. The van der Waals surface area contributed by atoms with Gasteiger partial charge in [0.2, 0.25) is 0 Å². The van der Waals surface area contributed by atoms with E-state index in [0.29, 0.717) is 12.1 Å². The fourth-order valence-corrected chi connectivity index (χ4v) is 1.91. The second kappa shape index (κ2) is 4.17. The van der Waals surface area contributed by atoms with E-state index >= 15 is 0 Å².